The second-order valence-electron chi connectivity index (χ2n) is 14.2. The lowest BCUT2D eigenvalue weighted by atomic mass is 9.75. The molecule has 4 aliphatic rings. The molecule has 3 heterocycles. The first-order chi connectivity index (χ1) is 18.4. The number of hydrogen-bond donors (Lipinski definition) is 0. The van der Waals surface area contributed by atoms with E-state index in [0.717, 1.165) is 69.6 Å². The van der Waals surface area contributed by atoms with E-state index in [1.807, 2.05) is 12.1 Å². The van der Waals surface area contributed by atoms with Crippen molar-refractivity contribution in [3.05, 3.63) is 34.9 Å². The predicted octanol–water partition coefficient (Wildman–Crippen LogP) is 5.73. The van der Waals surface area contributed by atoms with Crippen molar-refractivity contribution in [3.63, 3.8) is 0 Å². The second-order valence-corrected chi connectivity index (χ2v) is 14.6. The average molecular weight is 558 g/mol. The lowest BCUT2D eigenvalue weighted by Gasteiger charge is -2.43. The van der Waals surface area contributed by atoms with Crippen LogP contribution in [-0.4, -0.2) is 83.0 Å². The number of benzene rings is 1. The van der Waals surface area contributed by atoms with Crippen LogP contribution in [0.5, 0.6) is 0 Å². The number of carbonyl (C=O) groups excluding carboxylic acids is 2. The Bertz CT molecular complexity index is 1020. The minimum absolute atomic E-state index is 0.00743. The van der Waals surface area contributed by atoms with E-state index in [1.165, 1.54) is 5.56 Å². The number of likely N-dealkylation sites (tertiary alicyclic amines) is 2. The number of nitrogens with zero attached hydrogens (tertiary/aromatic N) is 3. The smallest absolute Gasteiger partial charge is 0.252 e. The number of rotatable bonds is 5. The van der Waals surface area contributed by atoms with Gasteiger partial charge in [0, 0.05) is 55.3 Å². The Balaban J connectivity index is 1.33. The Hall–Kier alpha value is -1.63. The molecule has 4 fully saturated rings. The number of ether oxygens (including phenoxy) is 1. The quantitative estimate of drug-likeness (QED) is 0.464. The molecule has 216 valence electrons. The van der Waals surface area contributed by atoms with Gasteiger partial charge in [-0.1, -0.05) is 37.6 Å². The van der Waals surface area contributed by atoms with Crippen LogP contribution in [0.3, 0.4) is 0 Å². The van der Waals surface area contributed by atoms with Gasteiger partial charge in [-0.25, -0.2) is 0 Å². The van der Waals surface area contributed by atoms with Gasteiger partial charge in [-0.05, 0) is 88.8 Å². The number of halogens is 1. The van der Waals surface area contributed by atoms with E-state index in [1.54, 1.807) is 0 Å². The summed E-state index contributed by atoms with van der Waals surface area (Å²) in [6, 6.07) is 8.36. The molecule has 7 heteroatoms. The molecule has 4 atom stereocenters. The maximum Gasteiger partial charge on any atom is 0.252 e. The molecule has 3 saturated heterocycles. The highest BCUT2D eigenvalue weighted by Crippen LogP contribution is 2.41. The lowest BCUT2D eigenvalue weighted by Crippen LogP contribution is -2.53. The fourth-order valence-corrected chi connectivity index (χ4v) is 7.44. The van der Waals surface area contributed by atoms with Crippen LogP contribution in [-0.2, 0) is 14.3 Å². The first kappa shape index (κ1) is 28.9. The fraction of sp³-hybridized carbons (Fsp3) is 0.750. The number of amides is 2. The van der Waals surface area contributed by atoms with Gasteiger partial charge in [0.1, 0.15) is 6.10 Å². The van der Waals surface area contributed by atoms with Gasteiger partial charge >= 0.3 is 0 Å². The Morgan fingerprint density at radius 1 is 0.974 bits per heavy atom. The SMILES string of the molecule is CC1(C)CCC(N(C(=O)C2CCCO2)[C@H]2CCN(C(=O)[C@@H]3CN(C(C)(C)C)C[C@H]3c3ccc(Cl)cc3)C2)CC1. The molecule has 1 saturated carbocycles. The zero-order valence-electron chi connectivity index (χ0n) is 24.6. The van der Waals surface area contributed by atoms with Gasteiger partial charge < -0.3 is 14.5 Å². The third-order valence-electron chi connectivity index (χ3n) is 9.91. The van der Waals surface area contributed by atoms with Crippen molar-refractivity contribution in [1.29, 1.82) is 0 Å². The second kappa shape index (κ2) is 11.3. The van der Waals surface area contributed by atoms with Crippen molar-refractivity contribution in [2.24, 2.45) is 11.3 Å². The Kier molecular flexibility index (Phi) is 8.39. The summed E-state index contributed by atoms with van der Waals surface area (Å²) in [6.45, 7) is 15.0. The van der Waals surface area contributed by atoms with E-state index in [-0.39, 0.29) is 47.4 Å². The molecule has 1 unspecified atom stereocenters. The van der Waals surface area contributed by atoms with Crippen molar-refractivity contribution in [1.82, 2.24) is 14.7 Å². The van der Waals surface area contributed by atoms with Gasteiger partial charge in [-0.2, -0.15) is 0 Å². The lowest BCUT2D eigenvalue weighted by molar-refractivity contribution is -0.148. The summed E-state index contributed by atoms with van der Waals surface area (Å²) in [7, 11) is 0. The van der Waals surface area contributed by atoms with Gasteiger partial charge in [0.05, 0.1) is 12.0 Å². The average Bonchev–Trinajstić information content (AvgIpc) is 3.65. The summed E-state index contributed by atoms with van der Waals surface area (Å²) in [6.07, 6.45) is 6.66. The summed E-state index contributed by atoms with van der Waals surface area (Å²) >= 11 is 6.19. The number of carbonyl (C=O) groups is 2. The highest BCUT2D eigenvalue weighted by Gasteiger charge is 2.47. The van der Waals surface area contributed by atoms with Crippen molar-refractivity contribution >= 4 is 23.4 Å². The predicted molar refractivity (Wildman–Crippen MR) is 156 cm³/mol. The molecule has 0 spiro atoms. The van der Waals surface area contributed by atoms with Crippen LogP contribution in [0.2, 0.25) is 5.02 Å². The highest BCUT2D eigenvalue weighted by molar-refractivity contribution is 6.30. The van der Waals surface area contributed by atoms with Crippen molar-refractivity contribution in [2.45, 2.75) is 109 Å². The van der Waals surface area contributed by atoms with Crippen LogP contribution in [0.25, 0.3) is 0 Å². The normalized spacial score (nSPS) is 30.2. The summed E-state index contributed by atoms with van der Waals surface area (Å²) in [5.41, 5.74) is 1.51. The van der Waals surface area contributed by atoms with Crippen LogP contribution < -0.4 is 0 Å². The largest absolute Gasteiger partial charge is 0.368 e. The molecule has 0 aromatic heterocycles. The zero-order valence-corrected chi connectivity index (χ0v) is 25.4. The first-order valence-electron chi connectivity index (χ1n) is 15.2. The van der Waals surface area contributed by atoms with E-state index in [9.17, 15) is 9.59 Å². The molecule has 0 bridgehead atoms. The van der Waals surface area contributed by atoms with E-state index < -0.39 is 0 Å². The third kappa shape index (κ3) is 6.33. The minimum atomic E-state index is -0.311. The van der Waals surface area contributed by atoms with Crippen LogP contribution in [0.4, 0.5) is 0 Å². The van der Waals surface area contributed by atoms with Crippen LogP contribution in [0, 0.1) is 11.3 Å². The molecule has 5 rings (SSSR count). The van der Waals surface area contributed by atoms with Gasteiger partial charge in [0.15, 0.2) is 0 Å². The number of hydrogen-bond acceptors (Lipinski definition) is 4. The van der Waals surface area contributed by atoms with E-state index in [2.05, 4.69) is 61.5 Å². The maximum absolute atomic E-state index is 14.2. The third-order valence-corrected chi connectivity index (χ3v) is 10.2. The highest BCUT2D eigenvalue weighted by atomic mass is 35.5. The summed E-state index contributed by atoms with van der Waals surface area (Å²) in [4.78, 5) is 34.7. The van der Waals surface area contributed by atoms with E-state index in [4.69, 9.17) is 16.3 Å². The van der Waals surface area contributed by atoms with Gasteiger partial charge in [0.25, 0.3) is 5.91 Å². The van der Waals surface area contributed by atoms with Gasteiger partial charge in [-0.3, -0.25) is 14.5 Å². The van der Waals surface area contributed by atoms with Crippen molar-refractivity contribution < 1.29 is 14.3 Å². The van der Waals surface area contributed by atoms with E-state index in [0.29, 0.717) is 18.6 Å². The molecule has 2 amide bonds. The van der Waals surface area contributed by atoms with Crippen molar-refractivity contribution in [3.8, 4) is 0 Å². The van der Waals surface area contributed by atoms with Crippen LogP contribution in [0.15, 0.2) is 24.3 Å². The Morgan fingerprint density at radius 2 is 1.67 bits per heavy atom. The van der Waals surface area contributed by atoms with Crippen LogP contribution in [0.1, 0.15) is 91.0 Å². The Morgan fingerprint density at radius 3 is 2.28 bits per heavy atom. The topological polar surface area (TPSA) is 53.1 Å². The molecule has 1 aromatic rings. The summed E-state index contributed by atoms with van der Waals surface area (Å²) in [5, 5.41) is 0.719. The van der Waals surface area contributed by atoms with Crippen molar-refractivity contribution in [2.75, 3.05) is 32.8 Å². The zero-order chi connectivity index (χ0) is 27.9. The summed E-state index contributed by atoms with van der Waals surface area (Å²) in [5.74, 6) is 0.439. The molecule has 0 radical (unpaired) electrons. The fourth-order valence-electron chi connectivity index (χ4n) is 7.31. The van der Waals surface area contributed by atoms with Gasteiger partial charge in [0.2, 0.25) is 5.91 Å². The molecule has 39 heavy (non-hydrogen) atoms. The molecule has 0 N–H and O–H groups in total. The van der Waals surface area contributed by atoms with Gasteiger partial charge in [-0.15, -0.1) is 0 Å². The standard InChI is InChI=1S/C32H48ClN3O3/c1-31(2,3)35-20-26(22-8-10-23(33)11-9-22)27(21-35)29(37)34-17-14-25(19-34)36(30(38)28-7-6-18-39-28)24-12-15-32(4,5)16-13-24/h8-11,24-28H,6-7,12-21H2,1-5H3/t25-,26-,27+,28?/m0/s1. The molecular weight excluding hydrogens is 510 g/mol. The summed E-state index contributed by atoms with van der Waals surface area (Å²) < 4.78 is 5.87. The maximum atomic E-state index is 14.2. The monoisotopic (exact) mass is 557 g/mol. The molecule has 1 aromatic carbocycles. The molecule has 3 aliphatic heterocycles. The molecule has 1 aliphatic carbocycles. The van der Waals surface area contributed by atoms with E-state index >= 15 is 0 Å². The molecular formula is C32H48ClN3O3. The van der Waals surface area contributed by atoms with Crippen LogP contribution >= 0.6 is 11.6 Å². The molecule has 6 nitrogen and oxygen atoms in total. The first-order valence-corrected chi connectivity index (χ1v) is 15.5. The Labute approximate surface area is 240 Å². The minimum Gasteiger partial charge on any atom is -0.368 e.